The van der Waals surface area contributed by atoms with Gasteiger partial charge in [0.2, 0.25) is 10.0 Å². The average molecular weight is 483 g/mol. The van der Waals surface area contributed by atoms with Crippen molar-refractivity contribution in [3.8, 4) is 0 Å². The largest absolute Gasteiger partial charge is 0.383 e. The van der Waals surface area contributed by atoms with Crippen molar-refractivity contribution in [2.75, 3.05) is 33.4 Å². The van der Waals surface area contributed by atoms with Crippen LogP contribution in [0, 0.1) is 0 Å². The second kappa shape index (κ2) is 10.9. The molecule has 0 fully saturated rings. The Morgan fingerprint density at radius 1 is 1.07 bits per heavy atom. The Labute approximate surface area is 181 Å². The quantitative estimate of drug-likeness (QED) is 0.516. The summed E-state index contributed by atoms with van der Waals surface area (Å²) in [5, 5.41) is 0. The van der Waals surface area contributed by atoms with Gasteiger partial charge in [-0.3, -0.25) is 4.79 Å². The van der Waals surface area contributed by atoms with E-state index in [1.165, 1.54) is 16.4 Å². The van der Waals surface area contributed by atoms with Gasteiger partial charge >= 0.3 is 0 Å². The Bertz CT molecular complexity index is 916. The first-order valence-electron chi connectivity index (χ1n) is 9.47. The van der Waals surface area contributed by atoms with Gasteiger partial charge in [-0.25, -0.2) is 8.42 Å². The van der Waals surface area contributed by atoms with E-state index >= 15 is 0 Å². The fourth-order valence-corrected chi connectivity index (χ4v) is 4.87. The van der Waals surface area contributed by atoms with Gasteiger partial charge < -0.3 is 9.64 Å². The summed E-state index contributed by atoms with van der Waals surface area (Å²) < 4.78 is 32.8. The fraction of sp³-hybridized carbons (Fsp3) is 0.381. The van der Waals surface area contributed by atoms with Crippen LogP contribution in [-0.2, 0) is 21.3 Å². The minimum Gasteiger partial charge on any atom is -0.383 e. The number of hydrogen-bond donors (Lipinski definition) is 0. The molecule has 158 valence electrons. The maximum Gasteiger partial charge on any atom is 0.255 e. The first kappa shape index (κ1) is 23.5. The van der Waals surface area contributed by atoms with Gasteiger partial charge in [0.25, 0.3) is 5.91 Å². The maximum absolute atomic E-state index is 13.3. The number of nitrogens with zero attached hydrogens (tertiary/aromatic N) is 2. The van der Waals surface area contributed by atoms with Crippen LogP contribution in [0.2, 0.25) is 0 Å². The van der Waals surface area contributed by atoms with Gasteiger partial charge in [0, 0.05) is 37.8 Å². The Hall–Kier alpha value is -1.74. The SMILES string of the molecule is CCN(CC)S(=O)(=O)c1ccc(Br)c(C(=O)N(CCOC)Cc2ccccc2)c1. The second-order valence-corrected chi connectivity index (χ2v) is 9.23. The van der Waals surface area contributed by atoms with Crippen molar-refractivity contribution in [3.63, 3.8) is 0 Å². The molecule has 0 spiro atoms. The summed E-state index contributed by atoms with van der Waals surface area (Å²) in [6.07, 6.45) is 0. The van der Waals surface area contributed by atoms with E-state index in [0.717, 1.165) is 5.56 Å². The van der Waals surface area contributed by atoms with E-state index in [1.807, 2.05) is 30.3 Å². The van der Waals surface area contributed by atoms with Gasteiger partial charge in [-0.1, -0.05) is 44.2 Å². The number of methoxy groups -OCH3 is 1. The number of carbonyl (C=O) groups excluding carboxylic acids is 1. The fourth-order valence-electron chi connectivity index (χ4n) is 2.97. The van der Waals surface area contributed by atoms with Gasteiger partial charge in [0.05, 0.1) is 17.1 Å². The first-order valence-corrected chi connectivity index (χ1v) is 11.7. The van der Waals surface area contributed by atoms with Gasteiger partial charge in [-0.2, -0.15) is 4.31 Å². The van der Waals surface area contributed by atoms with Gasteiger partial charge in [-0.15, -0.1) is 0 Å². The number of sulfonamides is 1. The lowest BCUT2D eigenvalue weighted by molar-refractivity contribution is 0.0679. The normalized spacial score (nSPS) is 11.6. The third kappa shape index (κ3) is 5.88. The molecule has 0 N–H and O–H groups in total. The number of carbonyl (C=O) groups is 1. The lowest BCUT2D eigenvalue weighted by Crippen LogP contribution is -2.34. The van der Waals surface area contributed by atoms with E-state index in [2.05, 4.69) is 15.9 Å². The number of benzene rings is 2. The van der Waals surface area contributed by atoms with Gasteiger partial charge in [0.1, 0.15) is 0 Å². The summed E-state index contributed by atoms with van der Waals surface area (Å²) in [5.41, 5.74) is 1.30. The van der Waals surface area contributed by atoms with Crippen molar-refractivity contribution in [3.05, 3.63) is 64.1 Å². The summed E-state index contributed by atoms with van der Waals surface area (Å²) in [4.78, 5) is 15.1. The van der Waals surface area contributed by atoms with E-state index in [9.17, 15) is 13.2 Å². The summed E-state index contributed by atoms with van der Waals surface area (Å²) in [6, 6.07) is 14.2. The number of hydrogen-bond acceptors (Lipinski definition) is 4. The third-order valence-corrected chi connectivity index (χ3v) is 7.32. The van der Waals surface area contributed by atoms with Crippen LogP contribution in [0.25, 0.3) is 0 Å². The molecule has 0 saturated carbocycles. The Balaban J connectivity index is 2.40. The molecular formula is C21H27BrN2O4S. The van der Waals surface area contributed by atoms with Crippen molar-refractivity contribution in [1.29, 1.82) is 0 Å². The molecule has 0 aromatic heterocycles. The molecule has 2 rings (SSSR count). The molecule has 6 nitrogen and oxygen atoms in total. The molecule has 0 saturated heterocycles. The van der Waals surface area contributed by atoms with Crippen LogP contribution in [0.5, 0.6) is 0 Å². The molecule has 0 atom stereocenters. The molecule has 2 aromatic rings. The zero-order valence-electron chi connectivity index (χ0n) is 17.0. The number of rotatable bonds is 10. The molecule has 2 aromatic carbocycles. The standard InChI is InChI=1S/C21H27BrN2O4S/c1-4-24(5-2)29(26,27)18-11-12-20(22)19(15-18)21(25)23(13-14-28-3)16-17-9-7-6-8-10-17/h6-12,15H,4-5,13-14,16H2,1-3H3. The second-order valence-electron chi connectivity index (χ2n) is 6.44. The third-order valence-electron chi connectivity index (χ3n) is 4.58. The van der Waals surface area contributed by atoms with E-state index in [0.29, 0.717) is 42.8 Å². The van der Waals surface area contributed by atoms with Crippen LogP contribution in [0.15, 0.2) is 57.9 Å². The molecule has 0 aliphatic heterocycles. The van der Waals surface area contributed by atoms with Gasteiger partial charge in [0.15, 0.2) is 0 Å². The summed E-state index contributed by atoms with van der Waals surface area (Å²) in [5.74, 6) is -0.255. The van der Waals surface area contributed by atoms with Crippen LogP contribution in [0.3, 0.4) is 0 Å². The van der Waals surface area contributed by atoms with Crippen LogP contribution >= 0.6 is 15.9 Å². The Morgan fingerprint density at radius 2 is 1.72 bits per heavy atom. The van der Waals surface area contributed by atoms with Crippen molar-refractivity contribution in [2.24, 2.45) is 0 Å². The Morgan fingerprint density at radius 3 is 2.31 bits per heavy atom. The molecule has 0 aliphatic rings. The highest BCUT2D eigenvalue weighted by Crippen LogP contribution is 2.25. The Kier molecular flexibility index (Phi) is 8.82. The van der Waals surface area contributed by atoms with Crippen molar-refractivity contribution >= 4 is 31.9 Å². The first-order chi connectivity index (χ1) is 13.8. The highest BCUT2D eigenvalue weighted by atomic mass is 79.9. The summed E-state index contributed by atoms with van der Waals surface area (Å²) in [7, 11) is -2.08. The summed E-state index contributed by atoms with van der Waals surface area (Å²) >= 11 is 3.40. The van der Waals surface area contributed by atoms with E-state index in [-0.39, 0.29) is 10.8 Å². The molecule has 1 amide bonds. The topological polar surface area (TPSA) is 66.9 Å². The molecule has 0 radical (unpaired) electrons. The molecule has 0 unspecified atom stereocenters. The predicted octanol–water partition coefficient (Wildman–Crippen LogP) is 3.77. The molecular weight excluding hydrogens is 456 g/mol. The molecule has 0 aliphatic carbocycles. The minimum absolute atomic E-state index is 0.110. The highest BCUT2D eigenvalue weighted by Gasteiger charge is 2.25. The monoisotopic (exact) mass is 482 g/mol. The minimum atomic E-state index is -3.66. The maximum atomic E-state index is 13.3. The van der Waals surface area contributed by atoms with Crippen molar-refractivity contribution in [1.82, 2.24) is 9.21 Å². The number of ether oxygens (including phenoxy) is 1. The van der Waals surface area contributed by atoms with Gasteiger partial charge in [-0.05, 0) is 39.7 Å². The zero-order chi connectivity index (χ0) is 21.4. The zero-order valence-corrected chi connectivity index (χ0v) is 19.4. The number of halogens is 1. The van der Waals surface area contributed by atoms with Crippen LogP contribution in [0.4, 0.5) is 0 Å². The van der Waals surface area contributed by atoms with Crippen LogP contribution in [-0.4, -0.2) is 56.9 Å². The average Bonchev–Trinajstić information content (AvgIpc) is 2.72. The predicted molar refractivity (Wildman–Crippen MR) is 117 cm³/mol. The van der Waals surface area contributed by atoms with Crippen molar-refractivity contribution in [2.45, 2.75) is 25.3 Å². The van der Waals surface area contributed by atoms with E-state index in [4.69, 9.17) is 4.74 Å². The lowest BCUT2D eigenvalue weighted by Gasteiger charge is -2.24. The number of amides is 1. The van der Waals surface area contributed by atoms with E-state index < -0.39 is 10.0 Å². The molecule has 0 bridgehead atoms. The summed E-state index contributed by atoms with van der Waals surface area (Å²) in [6.45, 7) is 5.49. The van der Waals surface area contributed by atoms with Crippen LogP contribution in [0.1, 0.15) is 29.8 Å². The van der Waals surface area contributed by atoms with E-state index in [1.54, 1.807) is 31.9 Å². The highest BCUT2D eigenvalue weighted by molar-refractivity contribution is 9.10. The molecule has 29 heavy (non-hydrogen) atoms. The molecule has 0 heterocycles. The lowest BCUT2D eigenvalue weighted by atomic mass is 10.1. The smallest absolute Gasteiger partial charge is 0.255 e. The van der Waals surface area contributed by atoms with Crippen molar-refractivity contribution < 1.29 is 17.9 Å². The molecule has 8 heteroatoms. The van der Waals surface area contributed by atoms with Crippen LogP contribution < -0.4 is 0 Å².